The van der Waals surface area contributed by atoms with Gasteiger partial charge in [-0.15, -0.1) is 0 Å². The maximum Gasteiger partial charge on any atom is 0.0320 e. The molecule has 0 spiro atoms. The van der Waals surface area contributed by atoms with Gasteiger partial charge in [0.25, 0.3) is 0 Å². The smallest absolute Gasteiger partial charge is 0.0320 e. The van der Waals surface area contributed by atoms with Gasteiger partial charge in [-0.05, 0) is 43.0 Å². The van der Waals surface area contributed by atoms with E-state index in [2.05, 4.69) is 60.8 Å². The monoisotopic (exact) mass is 251 g/mol. The van der Waals surface area contributed by atoms with Crippen molar-refractivity contribution in [2.75, 3.05) is 6.54 Å². The normalized spacial score (nSPS) is 19.3. The van der Waals surface area contributed by atoms with Crippen molar-refractivity contribution in [1.29, 1.82) is 0 Å². The highest BCUT2D eigenvalue weighted by atomic mass is 14.9. The topological polar surface area (TPSA) is 12.0 Å². The van der Waals surface area contributed by atoms with Gasteiger partial charge in [0.05, 0.1) is 0 Å². The van der Waals surface area contributed by atoms with Crippen LogP contribution in [0.15, 0.2) is 48.5 Å². The van der Waals surface area contributed by atoms with Gasteiger partial charge in [0.15, 0.2) is 0 Å². The van der Waals surface area contributed by atoms with Crippen LogP contribution in [-0.2, 0) is 0 Å². The lowest BCUT2D eigenvalue weighted by Gasteiger charge is -2.24. The van der Waals surface area contributed by atoms with Gasteiger partial charge in [-0.25, -0.2) is 0 Å². The molecule has 0 aliphatic carbocycles. The molecule has 0 saturated carbocycles. The molecule has 1 N–H and O–H groups in total. The molecule has 1 aliphatic rings. The Morgan fingerprint density at radius 3 is 2.05 bits per heavy atom. The van der Waals surface area contributed by atoms with Gasteiger partial charge in [-0.3, -0.25) is 0 Å². The largest absolute Gasteiger partial charge is 0.310 e. The molecule has 0 amide bonds. The van der Waals surface area contributed by atoms with Crippen LogP contribution in [0.5, 0.6) is 0 Å². The summed E-state index contributed by atoms with van der Waals surface area (Å²) in [5, 5.41) is 3.60. The minimum Gasteiger partial charge on any atom is -0.310 e. The number of hydrogen-bond acceptors (Lipinski definition) is 1. The lowest BCUT2D eigenvalue weighted by Crippen LogP contribution is -2.26. The lowest BCUT2D eigenvalue weighted by atomic mass is 9.95. The Labute approximate surface area is 115 Å². The maximum absolute atomic E-state index is 3.60. The molecule has 0 radical (unpaired) electrons. The van der Waals surface area contributed by atoms with E-state index >= 15 is 0 Å². The molecule has 1 aliphatic heterocycles. The highest BCUT2D eigenvalue weighted by Gasteiger charge is 2.14. The molecular weight excluding hydrogens is 230 g/mol. The second-order valence-corrected chi connectivity index (χ2v) is 5.49. The van der Waals surface area contributed by atoms with Crippen molar-refractivity contribution >= 4 is 0 Å². The van der Waals surface area contributed by atoms with E-state index in [0.29, 0.717) is 6.04 Å². The first-order chi connectivity index (χ1) is 9.33. The van der Waals surface area contributed by atoms with Crippen LogP contribution in [0, 0.1) is 6.92 Å². The van der Waals surface area contributed by atoms with Gasteiger partial charge in [0, 0.05) is 6.04 Å². The summed E-state index contributed by atoms with van der Waals surface area (Å²) in [5.41, 5.74) is 5.34. The second-order valence-electron chi connectivity index (χ2n) is 5.49. The molecule has 1 saturated heterocycles. The number of aryl methyl sites for hydroxylation is 1. The Kier molecular flexibility index (Phi) is 3.65. The minimum atomic E-state index is 0.556. The highest BCUT2D eigenvalue weighted by molar-refractivity contribution is 5.64. The average Bonchev–Trinajstić information content (AvgIpc) is 2.49. The zero-order valence-corrected chi connectivity index (χ0v) is 11.5. The van der Waals surface area contributed by atoms with E-state index in [9.17, 15) is 0 Å². The standard InChI is InChI=1S/C18H21N/c1-14-5-7-15(8-6-14)16-9-11-17(12-10-16)18-4-2-3-13-19-18/h5-12,18-19H,2-4,13H2,1H3/t18-/m1/s1. The number of piperidine rings is 1. The zero-order chi connectivity index (χ0) is 13.1. The highest BCUT2D eigenvalue weighted by Crippen LogP contribution is 2.26. The third kappa shape index (κ3) is 2.87. The van der Waals surface area contributed by atoms with Gasteiger partial charge in [0.1, 0.15) is 0 Å². The van der Waals surface area contributed by atoms with Crippen molar-refractivity contribution in [3.8, 4) is 11.1 Å². The Morgan fingerprint density at radius 2 is 1.47 bits per heavy atom. The first-order valence-electron chi connectivity index (χ1n) is 7.23. The summed E-state index contributed by atoms with van der Waals surface area (Å²) in [6.45, 7) is 3.28. The molecule has 0 bridgehead atoms. The quantitative estimate of drug-likeness (QED) is 0.830. The van der Waals surface area contributed by atoms with Crippen molar-refractivity contribution in [2.45, 2.75) is 32.2 Å². The summed E-state index contributed by atoms with van der Waals surface area (Å²) in [4.78, 5) is 0. The van der Waals surface area contributed by atoms with E-state index in [4.69, 9.17) is 0 Å². The molecule has 1 heterocycles. The second kappa shape index (κ2) is 5.58. The third-order valence-electron chi connectivity index (χ3n) is 4.01. The first-order valence-corrected chi connectivity index (χ1v) is 7.23. The molecular formula is C18H21N. The van der Waals surface area contributed by atoms with Crippen molar-refractivity contribution in [1.82, 2.24) is 5.32 Å². The van der Waals surface area contributed by atoms with Crippen molar-refractivity contribution in [3.05, 3.63) is 59.7 Å². The summed E-state index contributed by atoms with van der Waals surface area (Å²) in [5.74, 6) is 0. The molecule has 0 unspecified atom stereocenters. The van der Waals surface area contributed by atoms with E-state index in [0.717, 1.165) is 6.54 Å². The molecule has 98 valence electrons. The fraction of sp³-hybridized carbons (Fsp3) is 0.333. The van der Waals surface area contributed by atoms with E-state index in [1.807, 2.05) is 0 Å². The van der Waals surface area contributed by atoms with Crippen LogP contribution in [0.2, 0.25) is 0 Å². The van der Waals surface area contributed by atoms with Crippen LogP contribution in [0.3, 0.4) is 0 Å². The fourth-order valence-electron chi connectivity index (χ4n) is 2.79. The molecule has 1 atom stereocenters. The molecule has 2 aromatic rings. The predicted molar refractivity (Wildman–Crippen MR) is 81.2 cm³/mol. The molecule has 3 rings (SSSR count). The summed E-state index contributed by atoms with van der Waals surface area (Å²) in [6.07, 6.45) is 3.93. The van der Waals surface area contributed by atoms with E-state index in [1.165, 1.54) is 41.5 Å². The van der Waals surface area contributed by atoms with Gasteiger partial charge in [-0.2, -0.15) is 0 Å². The van der Waals surface area contributed by atoms with E-state index in [1.54, 1.807) is 0 Å². The Bertz CT molecular complexity index is 519. The molecule has 1 fully saturated rings. The minimum absolute atomic E-state index is 0.556. The summed E-state index contributed by atoms with van der Waals surface area (Å²) in [6, 6.07) is 18.3. The van der Waals surface area contributed by atoms with Crippen LogP contribution in [0.25, 0.3) is 11.1 Å². The zero-order valence-electron chi connectivity index (χ0n) is 11.5. The first kappa shape index (κ1) is 12.4. The number of hydrogen-bond donors (Lipinski definition) is 1. The summed E-state index contributed by atoms with van der Waals surface area (Å²) in [7, 11) is 0. The van der Waals surface area contributed by atoms with Gasteiger partial charge in [0.2, 0.25) is 0 Å². The summed E-state index contributed by atoms with van der Waals surface area (Å²) < 4.78 is 0. The van der Waals surface area contributed by atoms with E-state index in [-0.39, 0.29) is 0 Å². The molecule has 1 nitrogen and oxygen atoms in total. The van der Waals surface area contributed by atoms with Crippen LogP contribution >= 0.6 is 0 Å². The van der Waals surface area contributed by atoms with Crippen LogP contribution in [0.4, 0.5) is 0 Å². The van der Waals surface area contributed by atoms with Crippen LogP contribution in [-0.4, -0.2) is 6.54 Å². The fourth-order valence-corrected chi connectivity index (χ4v) is 2.79. The Hall–Kier alpha value is -1.60. The van der Waals surface area contributed by atoms with Crippen molar-refractivity contribution in [2.24, 2.45) is 0 Å². The van der Waals surface area contributed by atoms with Gasteiger partial charge in [-0.1, -0.05) is 60.5 Å². The number of benzene rings is 2. The SMILES string of the molecule is Cc1ccc(-c2ccc([C@H]3CCCCN3)cc2)cc1. The molecule has 2 aromatic carbocycles. The van der Waals surface area contributed by atoms with Crippen LogP contribution in [0.1, 0.15) is 36.4 Å². The van der Waals surface area contributed by atoms with Gasteiger partial charge >= 0.3 is 0 Å². The van der Waals surface area contributed by atoms with Crippen LogP contribution < -0.4 is 5.32 Å². The molecule has 19 heavy (non-hydrogen) atoms. The van der Waals surface area contributed by atoms with Crippen molar-refractivity contribution < 1.29 is 0 Å². The number of rotatable bonds is 2. The van der Waals surface area contributed by atoms with Crippen molar-refractivity contribution in [3.63, 3.8) is 0 Å². The maximum atomic E-state index is 3.60. The summed E-state index contributed by atoms with van der Waals surface area (Å²) >= 11 is 0. The predicted octanol–water partition coefficient (Wildman–Crippen LogP) is 4.48. The number of nitrogens with one attached hydrogen (secondary N) is 1. The average molecular weight is 251 g/mol. The molecule has 1 heteroatoms. The third-order valence-corrected chi connectivity index (χ3v) is 4.01. The Balaban J connectivity index is 1.80. The molecule has 0 aromatic heterocycles. The van der Waals surface area contributed by atoms with Gasteiger partial charge < -0.3 is 5.32 Å². The van der Waals surface area contributed by atoms with E-state index < -0.39 is 0 Å². The lowest BCUT2D eigenvalue weighted by molar-refractivity contribution is 0.412. The Morgan fingerprint density at radius 1 is 0.842 bits per heavy atom.